The Balaban J connectivity index is 1.59. The van der Waals surface area contributed by atoms with Crippen molar-refractivity contribution in [3.05, 3.63) is 78.0 Å². The van der Waals surface area contributed by atoms with Crippen molar-refractivity contribution in [2.75, 3.05) is 11.4 Å². The molecule has 1 N–H and O–H groups in total. The molecule has 5 rings (SSSR count). The predicted octanol–water partition coefficient (Wildman–Crippen LogP) is 3.97. The SMILES string of the molecule is O=C(O)c1ncccc1-c1cnc2ccc(N3CCCC3c3cccc(F)c3)nn12. The van der Waals surface area contributed by atoms with Gasteiger partial charge in [0, 0.05) is 18.3 Å². The molecule has 0 bridgehead atoms. The molecule has 1 unspecified atom stereocenters. The van der Waals surface area contributed by atoms with Crippen molar-refractivity contribution in [3.8, 4) is 11.3 Å². The molecule has 0 spiro atoms. The molecule has 1 aliphatic heterocycles. The summed E-state index contributed by atoms with van der Waals surface area (Å²) < 4.78 is 15.4. The standard InChI is InChI=1S/C22H18FN5O2/c23-15-5-1-4-14(12-15)17-7-3-11-27(17)20-9-8-19-25-13-18(28(19)26-20)16-6-2-10-24-21(16)22(29)30/h1-2,4-6,8-10,12-13,17H,3,7,11H2,(H,29,30). The molecule has 7 nitrogen and oxygen atoms in total. The fraction of sp³-hybridized carbons (Fsp3) is 0.182. The molecule has 0 saturated carbocycles. The van der Waals surface area contributed by atoms with E-state index in [0.29, 0.717) is 16.9 Å². The molecule has 4 heterocycles. The van der Waals surface area contributed by atoms with Gasteiger partial charge < -0.3 is 10.0 Å². The van der Waals surface area contributed by atoms with Gasteiger partial charge in [-0.15, -0.1) is 5.10 Å². The molecule has 150 valence electrons. The average molecular weight is 403 g/mol. The van der Waals surface area contributed by atoms with Crippen molar-refractivity contribution in [2.45, 2.75) is 18.9 Å². The number of anilines is 1. The number of pyridine rings is 1. The molecule has 1 saturated heterocycles. The van der Waals surface area contributed by atoms with Crippen LogP contribution in [0, 0.1) is 5.82 Å². The van der Waals surface area contributed by atoms with Crippen LogP contribution in [0.25, 0.3) is 16.9 Å². The molecule has 8 heteroatoms. The summed E-state index contributed by atoms with van der Waals surface area (Å²) in [5.74, 6) is -0.630. The average Bonchev–Trinajstić information content (AvgIpc) is 3.40. The van der Waals surface area contributed by atoms with E-state index in [4.69, 9.17) is 5.10 Å². The van der Waals surface area contributed by atoms with Gasteiger partial charge in [-0.25, -0.2) is 23.7 Å². The zero-order valence-electron chi connectivity index (χ0n) is 15.9. The summed E-state index contributed by atoms with van der Waals surface area (Å²) in [6, 6.07) is 13.8. The monoisotopic (exact) mass is 403 g/mol. The molecule has 0 aliphatic carbocycles. The zero-order chi connectivity index (χ0) is 20.7. The minimum atomic E-state index is -1.11. The first-order valence-corrected chi connectivity index (χ1v) is 9.67. The van der Waals surface area contributed by atoms with Crippen LogP contribution >= 0.6 is 0 Å². The van der Waals surface area contributed by atoms with Crippen molar-refractivity contribution in [2.24, 2.45) is 0 Å². The molecule has 1 aromatic carbocycles. The van der Waals surface area contributed by atoms with E-state index in [2.05, 4.69) is 14.9 Å². The number of carbonyl (C=O) groups is 1. The Hall–Kier alpha value is -3.81. The first kappa shape index (κ1) is 18.2. The van der Waals surface area contributed by atoms with Crippen molar-refractivity contribution >= 4 is 17.4 Å². The number of halogens is 1. The third-order valence-corrected chi connectivity index (χ3v) is 5.41. The number of carboxylic acids is 1. The van der Waals surface area contributed by atoms with E-state index < -0.39 is 5.97 Å². The van der Waals surface area contributed by atoms with Crippen LogP contribution in [0.2, 0.25) is 0 Å². The second-order valence-corrected chi connectivity index (χ2v) is 7.22. The molecular formula is C22H18FN5O2. The number of benzene rings is 1. The quantitative estimate of drug-likeness (QED) is 0.555. The van der Waals surface area contributed by atoms with Gasteiger partial charge in [0.25, 0.3) is 0 Å². The van der Waals surface area contributed by atoms with E-state index in [1.807, 2.05) is 18.2 Å². The van der Waals surface area contributed by atoms with Crippen LogP contribution in [0.15, 0.2) is 60.9 Å². The van der Waals surface area contributed by atoms with Gasteiger partial charge in [0.1, 0.15) is 11.6 Å². The molecule has 30 heavy (non-hydrogen) atoms. The lowest BCUT2D eigenvalue weighted by Gasteiger charge is -2.26. The highest BCUT2D eigenvalue weighted by molar-refractivity contribution is 5.93. The van der Waals surface area contributed by atoms with Crippen LogP contribution in [-0.4, -0.2) is 37.2 Å². The number of nitrogens with zero attached hydrogens (tertiary/aromatic N) is 5. The van der Waals surface area contributed by atoms with Gasteiger partial charge in [-0.1, -0.05) is 12.1 Å². The topological polar surface area (TPSA) is 83.6 Å². The Morgan fingerprint density at radius 3 is 2.87 bits per heavy atom. The molecular weight excluding hydrogens is 385 g/mol. The summed E-state index contributed by atoms with van der Waals surface area (Å²) in [6.45, 7) is 0.803. The lowest BCUT2D eigenvalue weighted by Crippen LogP contribution is -2.24. The predicted molar refractivity (Wildman–Crippen MR) is 109 cm³/mol. The number of hydrogen-bond donors (Lipinski definition) is 1. The number of aromatic carboxylic acids is 1. The van der Waals surface area contributed by atoms with Crippen LogP contribution in [0.3, 0.4) is 0 Å². The van der Waals surface area contributed by atoms with E-state index in [1.165, 1.54) is 12.3 Å². The molecule has 1 fully saturated rings. The van der Waals surface area contributed by atoms with Gasteiger partial charge in [-0.2, -0.15) is 0 Å². The minimum Gasteiger partial charge on any atom is -0.476 e. The summed E-state index contributed by atoms with van der Waals surface area (Å²) in [4.78, 5) is 22.1. The minimum absolute atomic E-state index is 0.0330. The maximum absolute atomic E-state index is 13.8. The van der Waals surface area contributed by atoms with Crippen molar-refractivity contribution in [1.82, 2.24) is 19.6 Å². The second kappa shape index (κ2) is 7.22. The van der Waals surface area contributed by atoms with Crippen molar-refractivity contribution in [1.29, 1.82) is 0 Å². The van der Waals surface area contributed by atoms with Crippen LogP contribution in [0.4, 0.5) is 10.2 Å². The lowest BCUT2D eigenvalue weighted by molar-refractivity contribution is 0.0691. The first-order valence-electron chi connectivity index (χ1n) is 9.67. The fourth-order valence-electron chi connectivity index (χ4n) is 4.08. The third-order valence-electron chi connectivity index (χ3n) is 5.41. The Morgan fingerprint density at radius 1 is 1.13 bits per heavy atom. The van der Waals surface area contributed by atoms with Crippen LogP contribution in [-0.2, 0) is 0 Å². The highest BCUT2D eigenvalue weighted by Gasteiger charge is 2.28. The number of carboxylic acid groups (broad SMARTS) is 1. The largest absolute Gasteiger partial charge is 0.476 e. The summed E-state index contributed by atoms with van der Waals surface area (Å²) >= 11 is 0. The van der Waals surface area contributed by atoms with Gasteiger partial charge in [0.2, 0.25) is 0 Å². The fourth-order valence-corrected chi connectivity index (χ4v) is 4.08. The Labute approximate surface area is 171 Å². The van der Waals surface area contributed by atoms with E-state index in [9.17, 15) is 14.3 Å². The van der Waals surface area contributed by atoms with E-state index in [1.54, 1.807) is 35.0 Å². The third kappa shape index (κ3) is 3.06. The van der Waals surface area contributed by atoms with E-state index >= 15 is 0 Å². The lowest BCUT2D eigenvalue weighted by atomic mass is 10.0. The molecule has 3 aromatic heterocycles. The molecule has 0 radical (unpaired) electrons. The molecule has 1 atom stereocenters. The van der Waals surface area contributed by atoms with E-state index in [-0.39, 0.29) is 17.6 Å². The second-order valence-electron chi connectivity index (χ2n) is 7.22. The Morgan fingerprint density at radius 2 is 2.03 bits per heavy atom. The summed E-state index contributed by atoms with van der Waals surface area (Å²) in [5, 5.41) is 14.3. The maximum Gasteiger partial charge on any atom is 0.355 e. The van der Waals surface area contributed by atoms with Gasteiger partial charge >= 0.3 is 5.97 Å². The maximum atomic E-state index is 13.8. The van der Waals surface area contributed by atoms with Gasteiger partial charge in [0.15, 0.2) is 11.3 Å². The van der Waals surface area contributed by atoms with Crippen LogP contribution in [0.5, 0.6) is 0 Å². The summed E-state index contributed by atoms with van der Waals surface area (Å²) in [7, 11) is 0. The number of rotatable bonds is 4. The smallest absolute Gasteiger partial charge is 0.355 e. The molecule has 4 aromatic rings. The number of aromatic nitrogens is 4. The normalized spacial score (nSPS) is 16.3. The number of imidazole rings is 1. The van der Waals surface area contributed by atoms with Gasteiger partial charge in [-0.3, -0.25) is 0 Å². The molecule has 1 aliphatic rings. The van der Waals surface area contributed by atoms with Crippen LogP contribution < -0.4 is 4.90 Å². The molecule has 0 amide bonds. The summed E-state index contributed by atoms with van der Waals surface area (Å²) in [5.41, 5.74) is 2.48. The van der Waals surface area contributed by atoms with E-state index in [0.717, 1.165) is 30.8 Å². The Kier molecular flexibility index (Phi) is 4.39. The van der Waals surface area contributed by atoms with Crippen molar-refractivity contribution in [3.63, 3.8) is 0 Å². The Bertz CT molecular complexity index is 1260. The summed E-state index contributed by atoms with van der Waals surface area (Å²) in [6.07, 6.45) is 4.93. The first-order chi connectivity index (χ1) is 14.6. The highest BCUT2D eigenvalue weighted by atomic mass is 19.1. The number of hydrogen-bond acceptors (Lipinski definition) is 5. The van der Waals surface area contributed by atoms with Gasteiger partial charge in [-0.05, 0) is 54.8 Å². The highest BCUT2D eigenvalue weighted by Crippen LogP contribution is 2.35. The van der Waals surface area contributed by atoms with Gasteiger partial charge in [0.05, 0.1) is 17.9 Å². The zero-order valence-corrected chi connectivity index (χ0v) is 15.9. The van der Waals surface area contributed by atoms with Crippen molar-refractivity contribution < 1.29 is 14.3 Å². The van der Waals surface area contributed by atoms with Crippen LogP contribution in [0.1, 0.15) is 34.9 Å². The number of fused-ring (bicyclic) bond motifs is 1.